The number of aromatic nitrogens is 2. The van der Waals surface area contributed by atoms with Gasteiger partial charge in [-0.1, -0.05) is 24.3 Å². The zero-order valence-corrected chi connectivity index (χ0v) is 11.7. The molecule has 3 rings (SSSR count). The maximum absolute atomic E-state index is 5.77. The summed E-state index contributed by atoms with van der Waals surface area (Å²) in [5.41, 5.74) is 4.34. The van der Waals surface area contributed by atoms with E-state index in [1.165, 1.54) is 0 Å². The second-order valence-electron chi connectivity index (χ2n) is 4.61. The maximum Gasteiger partial charge on any atom is 0.142 e. The molecule has 5 nitrogen and oxygen atoms in total. The Kier molecular flexibility index (Phi) is 3.77. The molecular formula is C16H16N4O. The smallest absolute Gasteiger partial charge is 0.142 e. The molecule has 1 aromatic carbocycles. The fourth-order valence-corrected chi connectivity index (χ4v) is 2.45. The van der Waals surface area contributed by atoms with Crippen LogP contribution in [0.1, 0.15) is 17.4 Å². The van der Waals surface area contributed by atoms with Gasteiger partial charge in [0.05, 0.1) is 12.8 Å². The zero-order valence-electron chi connectivity index (χ0n) is 11.7. The van der Waals surface area contributed by atoms with Crippen LogP contribution in [0.5, 0.6) is 5.75 Å². The van der Waals surface area contributed by atoms with Crippen molar-refractivity contribution in [2.45, 2.75) is 6.04 Å². The number of hydrazine groups is 1. The van der Waals surface area contributed by atoms with Crippen LogP contribution in [0.25, 0.3) is 10.8 Å². The lowest BCUT2D eigenvalue weighted by Gasteiger charge is -2.18. The summed E-state index contributed by atoms with van der Waals surface area (Å²) < 4.78 is 5.38. The van der Waals surface area contributed by atoms with Crippen molar-refractivity contribution in [1.82, 2.24) is 15.4 Å². The minimum Gasteiger partial charge on any atom is -0.495 e. The SMILES string of the molecule is COc1cccnc1C(NN)c1nccc2ccccc12. The van der Waals surface area contributed by atoms with E-state index in [1.807, 2.05) is 42.5 Å². The number of fused-ring (bicyclic) bond motifs is 1. The molecule has 0 aliphatic carbocycles. The molecule has 106 valence electrons. The van der Waals surface area contributed by atoms with Gasteiger partial charge in [-0.25, -0.2) is 5.43 Å². The standard InChI is InChI=1S/C16H16N4O/c1-21-13-7-4-9-18-15(13)16(20-17)14-12-6-3-2-5-11(12)8-10-19-14/h2-10,16,20H,17H2,1H3. The number of nitrogens with two attached hydrogens (primary N) is 1. The summed E-state index contributed by atoms with van der Waals surface area (Å²) in [5.74, 6) is 6.44. The van der Waals surface area contributed by atoms with Crippen LogP contribution >= 0.6 is 0 Å². The highest BCUT2D eigenvalue weighted by atomic mass is 16.5. The van der Waals surface area contributed by atoms with Crippen LogP contribution in [0.15, 0.2) is 54.9 Å². The van der Waals surface area contributed by atoms with E-state index in [1.54, 1.807) is 19.5 Å². The largest absolute Gasteiger partial charge is 0.495 e. The Morgan fingerprint density at radius 2 is 1.81 bits per heavy atom. The molecule has 0 aliphatic heterocycles. The first-order valence-corrected chi connectivity index (χ1v) is 6.64. The molecule has 1 unspecified atom stereocenters. The number of pyridine rings is 2. The highest BCUT2D eigenvalue weighted by Crippen LogP contribution is 2.30. The van der Waals surface area contributed by atoms with Crippen molar-refractivity contribution in [2.24, 2.45) is 5.84 Å². The van der Waals surface area contributed by atoms with Gasteiger partial charge in [0, 0.05) is 17.8 Å². The number of methoxy groups -OCH3 is 1. The Labute approximate surface area is 122 Å². The van der Waals surface area contributed by atoms with Gasteiger partial charge in [-0.2, -0.15) is 0 Å². The molecule has 2 heterocycles. The third kappa shape index (κ3) is 2.44. The van der Waals surface area contributed by atoms with Gasteiger partial charge in [-0.05, 0) is 23.6 Å². The predicted octanol–water partition coefficient (Wildman–Crippen LogP) is 2.19. The Hall–Kier alpha value is -2.50. The summed E-state index contributed by atoms with van der Waals surface area (Å²) in [6.07, 6.45) is 3.49. The molecule has 2 aromatic heterocycles. The van der Waals surface area contributed by atoms with E-state index in [0.717, 1.165) is 16.5 Å². The molecule has 1 atom stereocenters. The highest BCUT2D eigenvalue weighted by molar-refractivity contribution is 5.85. The van der Waals surface area contributed by atoms with Gasteiger partial charge in [-0.15, -0.1) is 0 Å². The molecule has 0 amide bonds. The Bertz CT molecular complexity index is 755. The van der Waals surface area contributed by atoms with E-state index in [0.29, 0.717) is 11.4 Å². The molecule has 21 heavy (non-hydrogen) atoms. The lowest BCUT2D eigenvalue weighted by atomic mass is 10.0. The summed E-state index contributed by atoms with van der Waals surface area (Å²) >= 11 is 0. The van der Waals surface area contributed by atoms with E-state index in [-0.39, 0.29) is 6.04 Å². The molecule has 0 fully saturated rings. The predicted molar refractivity (Wildman–Crippen MR) is 81.7 cm³/mol. The lowest BCUT2D eigenvalue weighted by Crippen LogP contribution is -2.30. The molecular weight excluding hydrogens is 264 g/mol. The van der Waals surface area contributed by atoms with Crippen molar-refractivity contribution < 1.29 is 4.74 Å². The van der Waals surface area contributed by atoms with Crippen LogP contribution in [0.2, 0.25) is 0 Å². The topological polar surface area (TPSA) is 73.1 Å². The monoisotopic (exact) mass is 280 g/mol. The zero-order chi connectivity index (χ0) is 14.7. The third-order valence-corrected chi connectivity index (χ3v) is 3.44. The second-order valence-corrected chi connectivity index (χ2v) is 4.61. The lowest BCUT2D eigenvalue weighted by molar-refractivity contribution is 0.400. The van der Waals surface area contributed by atoms with Gasteiger partial charge in [0.1, 0.15) is 17.5 Å². The molecule has 0 saturated carbocycles. The van der Waals surface area contributed by atoms with Crippen molar-refractivity contribution in [1.29, 1.82) is 0 Å². The van der Waals surface area contributed by atoms with E-state index in [4.69, 9.17) is 10.6 Å². The first-order chi connectivity index (χ1) is 10.3. The first-order valence-electron chi connectivity index (χ1n) is 6.64. The van der Waals surface area contributed by atoms with Crippen LogP contribution in [-0.4, -0.2) is 17.1 Å². The van der Waals surface area contributed by atoms with E-state index in [9.17, 15) is 0 Å². The van der Waals surface area contributed by atoms with E-state index in [2.05, 4.69) is 15.4 Å². The summed E-state index contributed by atoms with van der Waals surface area (Å²) in [5, 5.41) is 2.15. The van der Waals surface area contributed by atoms with Crippen molar-refractivity contribution in [3.05, 3.63) is 66.2 Å². The van der Waals surface area contributed by atoms with Crippen LogP contribution < -0.4 is 16.0 Å². The minimum absolute atomic E-state index is 0.341. The minimum atomic E-state index is -0.341. The molecule has 0 bridgehead atoms. The summed E-state index contributed by atoms with van der Waals surface area (Å²) in [4.78, 5) is 8.89. The highest BCUT2D eigenvalue weighted by Gasteiger charge is 2.21. The molecule has 0 spiro atoms. The molecule has 3 aromatic rings. The maximum atomic E-state index is 5.77. The van der Waals surface area contributed by atoms with Crippen molar-refractivity contribution in [2.75, 3.05) is 7.11 Å². The molecule has 0 radical (unpaired) electrons. The van der Waals surface area contributed by atoms with Gasteiger partial charge >= 0.3 is 0 Å². The summed E-state index contributed by atoms with van der Waals surface area (Å²) in [6, 6.07) is 13.4. The number of nitrogens with one attached hydrogen (secondary N) is 1. The van der Waals surface area contributed by atoms with Crippen molar-refractivity contribution in [3.8, 4) is 5.75 Å². The van der Waals surface area contributed by atoms with Gasteiger partial charge in [-0.3, -0.25) is 15.8 Å². The number of benzene rings is 1. The van der Waals surface area contributed by atoms with Crippen molar-refractivity contribution in [3.63, 3.8) is 0 Å². The number of ether oxygens (including phenoxy) is 1. The van der Waals surface area contributed by atoms with Crippen LogP contribution in [-0.2, 0) is 0 Å². The average molecular weight is 280 g/mol. The second kappa shape index (κ2) is 5.87. The van der Waals surface area contributed by atoms with Crippen LogP contribution in [0.3, 0.4) is 0 Å². The number of hydrogen-bond donors (Lipinski definition) is 2. The van der Waals surface area contributed by atoms with Crippen LogP contribution in [0, 0.1) is 0 Å². The van der Waals surface area contributed by atoms with E-state index >= 15 is 0 Å². The Balaban J connectivity index is 2.19. The fourth-order valence-electron chi connectivity index (χ4n) is 2.45. The van der Waals surface area contributed by atoms with Gasteiger partial charge in [0.25, 0.3) is 0 Å². The number of nitrogens with zero attached hydrogens (tertiary/aromatic N) is 2. The normalized spacial score (nSPS) is 12.3. The summed E-state index contributed by atoms with van der Waals surface area (Å²) in [7, 11) is 1.62. The van der Waals surface area contributed by atoms with E-state index < -0.39 is 0 Å². The van der Waals surface area contributed by atoms with Gasteiger partial charge in [0.2, 0.25) is 0 Å². The quantitative estimate of drug-likeness (QED) is 0.566. The molecule has 0 saturated heterocycles. The van der Waals surface area contributed by atoms with Gasteiger partial charge < -0.3 is 4.74 Å². The summed E-state index contributed by atoms with van der Waals surface area (Å²) in [6.45, 7) is 0. The number of hydrogen-bond acceptors (Lipinski definition) is 5. The molecule has 5 heteroatoms. The van der Waals surface area contributed by atoms with Gasteiger partial charge in [0.15, 0.2) is 0 Å². The van der Waals surface area contributed by atoms with Crippen molar-refractivity contribution >= 4 is 10.8 Å². The fraction of sp³-hybridized carbons (Fsp3) is 0.125. The molecule has 0 aliphatic rings. The Morgan fingerprint density at radius 3 is 2.62 bits per heavy atom. The average Bonchev–Trinajstić information content (AvgIpc) is 2.56. The Morgan fingerprint density at radius 1 is 1.00 bits per heavy atom. The number of rotatable bonds is 4. The van der Waals surface area contributed by atoms with Crippen LogP contribution in [0.4, 0.5) is 0 Å². The first kappa shape index (κ1) is 13.5. The third-order valence-electron chi connectivity index (χ3n) is 3.44. The molecule has 3 N–H and O–H groups in total.